The molecule has 2 heterocycles. The second-order valence-electron chi connectivity index (χ2n) is 3.63. The lowest BCUT2D eigenvalue weighted by Crippen LogP contribution is -2.41. The van der Waals surface area contributed by atoms with Crippen molar-refractivity contribution in [3.63, 3.8) is 0 Å². The highest BCUT2D eigenvalue weighted by molar-refractivity contribution is 5.92. The third-order valence-corrected chi connectivity index (χ3v) is 2.60. The molecule has 0 radical (unpaired) electrons. The molecule has 0 aromatic carbocycles. The third-order valence-electron chi connectivity index (χ3n) is 2.60. The van der Waals surface area contributed by atoms with Gasteiger partial charge in [0.05, 0.1) is 0 Å². The Kier molecular flexibility index (Phi) is 2.09. The number of carbonyl (C=O) groups excluding carboxylic acids is 1. The highest BCUT2D eigenvalue weighted by Crippen LogP contribution is 2.29. The van der Waals surface area contributed by atoms with Crippen LogP contribution in [0.5, 0.6) is 0 Å². The van der Waals surface area contributed by atoms with Crippen LogP contribution in [0.3, 0.4) is 0 Å². The number of hydrogen-bond donors (Lipinski definition) is 2. The fourth-order valence-corrected chi connectivity index (χ4v) is 1.75. The molecular weight excluding hydrogens is 168 g/mol. The Labute approximate surface area is 77.3 Å². The SMILES string of the molecule is CC(=O)C1=CC2(CCNCC2)ON1. The zero-order valence-electron chi connectivity index (χ0n) is 7.72. The van der Waals surface area contributed by atoms with Gasteiger partial charge in [-0.05, 0) is 32.0 Å². The summed E-state index contributed by atoms with van der Waals surface area (Å²) in [5.41, 5.74) is 3.07. The Morgan fingerprint density at radius 3 is 2.77 bits per heavy atom. The lowest BCUT2D eigenvalue weighted by atomic mass is 9.92. The van der Waals surface area contributed by atoms with Crippen LogP contribution >= 0.6 is 0 Å². The van der Waals surface area contributed by atoms with Crippen molar-refractivity contribution in [3.05, 3.63) is 11.8 Å². The summed E-state index contributed by atoms with van der Waals surface area (Å²) >= 11 is 0. The van der Waals surface area contributed by atoms with Crippen molar-refractivity contribution < 1.29 is 9.63 Å². The predicted molar refractivity (Wildman–Crippen MR) is 47.8 cm³/mol. The number of hydrogen-bond acceptors (Lipinski definition) is 4. The summed E-state index contributed by atoms with van der Waals surface area (Å²) in [6.45, 7) is 3.44. The molecular formula is C9H14N2O2. The van der Waals surface area contributed by atoms with E-state index in [1.165, 1.54) is 0 Å². The molecule has 0 unspecified atom stereocenters. The van der Waals surface area contributed by atoms with Crippen molar-refractivity contribution in [2.75, 3.05) is 13.1 Å². The number of ketones is 1. The molecule has 4 heteroatoms. The first kappa shape index (κ1) is 8.72. The van der Waals surface area contributed by atoms with E-state index in [-0.39, 0.29) is 11.4 Å². The van der Waals surface area contributed by atoms with Gasteiger partial charge in [0.15, 0.2) is 5.78 Å². The van der Waals surface area contributed by atoms with Crippen molar-refractivity contribution in [3.8, 4) is 0 Å². The Bertz CT molecular complexity index is 254. The molecule has 2 rings (SSSR count). The van der Waals surface area contributed by atoms with Crippen LogP contribution in [0.4, 0.5) is 0 Å². The summed E-state index contributed by atoms with van der Waals surface area (Å²) in [5, 5.41) is 3.26. The van der Waals surface area contributed by atoms with Gasteiger partial charge in [-0.3, -0.25) is 15.1 Å². The average Bonchev–Trinajstić information content (AvgIpc) is 2.51. The van der Waals surface area contributed by atoms with E-state index in [1.807, 2.05) is 6.08 Å². The normalized spacial score (nSPS) is 25.5. The lowest BCUT2D eigenvalue weighted by Gasteiger charge is -2.29. The first-order chi connectivity index (χ1) is 6.22. The largest absolute Gasteiger partial charge is 0.316 e. The molecule has 2 aliphatic heterocycles. The highest BCUT2D eigenvalue weighted by Gasteiger charge is 2.37. The van der Waals surface area contributed by atoms with Gasteiger partial charge in [0, 0.05) is 6.92 Å². The molecule has 0 aromatic heterocycles. The van der Waals surface area contributed by atoms with Crippen LogP contribution in [0.25, 0.3) is 0 Å². The molecule has 0 aromatic rings. The Balaban J connectivity index is 2.13. The Hall–Kier alpha value is -0.870. The molecule has 1 spiro atoms. The van der Waals surface area contributed by atoms with E-state index in [1.54, 1.807) is 6.92 Å². The number of piperidine rings is 1. The summed E-state index contributed by atoms with van der Waals surface area (Å²) in [7, 11) is 0. The van der Waals surface area contributed by atoms with Crippen LogP contribution in [0.15, 0.2) is 11.8 Å². The molecule has 0 aliphatic carbocycles. The van der Waals surface area contributed by atoms with Crippen molar-refractivity contribution in [1.82, 2.24) is 10.8 Å². The second-order valence-corrected chi connectivity index (χ2v) is 3.63. The molecule has 1 fully saturated rings. The zero-order valence-corrected chi connectivity index (χ0v) is 7.72. The van der Waals surface area contributed by atoms with Crippen LogP contribution in [0.1, 0.15) is 19.8 Å². The van der Waals surface area contributed by atoms with Crippen LogP contribution in [-0.4, -0.2) is 24.5 Å². The maximum Gasteiger partial charge on any atom is 0.177 e. The van der Waals surface area contributed by atoms with E-state index in [0.717, 1.165) is 25.9 Å². The van der Waals surface area contributed by atoms with Crippen molar-refractivity contribution in [2.24, 2.45) is 0 Å². The molecule has 4 nitrogen and oxygen atoms in total. The number of allylic oxidation sites excluding steroid dienone is 1. The molecule has 1 saturated heterocycles. The second kappa shape index (κ2) is 3.12. The maximum absolute atomic E-state index is 11.0. The molecule has 13 heavy (non-hydrogen) atoms. The third kappa shape index (κ3) is 1.59. The summed E-state index contributed by atoms with van der Waals surface area (Å²) in [6.07, 6.45) is 3.78. The van der Waals surface area contributed by atoms with Gasteiger partial charge >= 0.3 is 0 Å². The molecule has 72 valence electrons. The number of carbonyl (C=O) groups is 1. The van der Waals surface area contributed by atoms with Gasteiger partial charge in [0.25, 0.3) is 0 Å². The summed E-state index contributed by atoms with van der Waals surface area (Å²) < 4.78 is 0. The van der Waals surface area contributed by atoms with Gasteiger partial charge in [-0.1, -0.05) is 0 Å². The fourth-order valence-electron chi connectivity index (χ4n) is 1.75. The monoisotopic (exact) mass is 182 g/mol. The minimum atomic E-state index is -0.230. The van der Waals surface area contributed by atoms with Crippen molar-refractivity contribution >= 4 is 5.78 Å². The molecule has 0 saturated carbocycles. The van der Waals surface area contributed by atoms with E-state index in [9.17, 15) is 4.79 Å². The quantitative estimate of drug-likeness (QED) is 0.604. The molecule has 0 amide bonds. The van der Waals surface area contributed by atoms with E-state index in [0.29, 0.717) is 5.70 Å². The summed E-state index contributed by atoms with van der Waals surface area (Å²) in [4.78, 5) is 16.5. The van der Waals surface area contributed by atoms with E-state index in [4.69, 9.17) is 4.84 Å². The van der Waals surface area contributed by atoms with Crippen LogP contribution < -0.4 is 10.8 Å². The molecule has 2 N–H and O–H groups in total. The molecule has 0 atom stereocenters. The molecule has 2 aliphatic rings. The minimum Gasteiger partial charge on any atom is -0.316 e. The van der Waals surface area contributed by atoms with Gasteiger partial charge in [0.1, 0.15) is 11.3 Å². The fraction of sp³-hybridized carbons (Fsp3) is 0.667. The van der Waals surface area contributed by atoms with Gasteiger partial charge in [0.2, 0.25) is 0 Å². The first-order valence-corrected chi connectivity index (χ1v) is 4.60. The Morgan fingerprint density at radius 2 is 2.23 bits per heavy atom. The van der Waals surface area contributed by atoms with E-state index in [2.05, 4.69) is 10.8 Å². The number of nitrogens with one attached hydrogen (secondary N) is 2. The molecule has 0 bridgehead atoms. The van der Waals surface area contributed by atoms with Crippen molar-refractivity contribution in [1.29, 1.82) is 0 Å². The predicted octanol–water partition coefficient (Wildman–Crippen LogP) is 0.116. The topological polar surface area (TPSA) is 50.4 Å². The van der Waals surface area contributed by atoms with E-state index >= 15 is 0 Å². The summed E-state index contributed by atoms with van der Waals surface area (Å²) in [5.74, 6) is 0.0374. The van der Waals surface area contributed by atoms with Gasteiger partial charge in [-0.15, -0.1) is 0 Å². The van der Waals surface area contributed by atoms with Crippen LogP contribution in [-0.2, 0) is 9.63 Å². The summed E-state index contributed by atoms with van der Waals surface area (Å²) in [6, 6.07) is 0. The van der Waals surface area contributed by atoms with Crippen LogP contribution in [0.2, 0.25) is 0 Å². The number of hydroxylamine groups is 1. The van der Waals surface area contributed by atoms with Crippen LogP contribution in [0, 0.1) is 0 Å². The smallest absolute Gasteiger partial charge is 0.177 e. The average molecular weight is 182 g/mol. The first-order valence-electron chi connectivity index (χ1n) is 4.60. The van der Waals surface area contributed by atoms with Gasteiger partial charge in [-0.2, -0.15) is 0 Å². The lowest BCUT2D eigenvalue weighted by molar-refractivity contribution is -0.115. The van der Waals surface area contributed by atoms with Gasteiger partial charge in [-0.25, -0.2) is 0 Å². The highest BCUT2D eigenvalue weighted by atomic mass is 16.7. The van der Waals surface area contributed by atoms with E-state index < -0.39 is 0 Å². The standard InChI is InChI=1S/C9H14N2O2/c1-7(12)8-6-9(13-11-8)2-4-10-5-3-9/h6,10-11H,2-5H2,1H3. The zero-order chi connectivity index (χ0) is 9.31. The Morgan fingerprint density at radius 1 is 1.54 bits per heavy atom. The maximum atomic E-state index is 11.0. The van der Waals surface area contributed by atoms with Gasteiger partial charge < -0.3 is 5.32 Å². The number of Topliss-reactive ketones (excluding diaryl/α,β-unsaturated/α-hetero) is 1. The van der Waals surface area contributed by atoms with Crippen molar-refractivity contribution in [2.45, 2.75) is 25.4 Å². The number of rotatable bonds is 1. The minimum absolute atomic E-state index is 0.0374.